The summed E-state index contributed by atoms with van der Waals surface area (Å²) in [5, 5.41) is 3.01. The quantitative estimate of drug-likeness (QED) is 0.729. The maximum Gasteiger partial charge on any atom is 0.259 e. The number of hydrogen-bond donors (Lipinski definition) is 3. The largest absolute Gasteiger partial charge is 0.497 e. The van der Waals surface area contributed by atoms with Crippen molar-refractivity contribution in [2.45, 2.75) is 38.9 Å². The highest BCUT2D eigenvalue weighted by atomic mass is 16.5. The summed E-state index contributed by atoms with van der Waals surface area (Å²) in [6.07, 6.45) is -0.218. The zero-order valence-electron chi connectivity index (χ0n) is 16.2. The van der Waals surface area contributed by atoms with Gasteiger partial charge in [0.25, 0.3) is 5.91 Å². The van der Waals surface area contributed by atoms with Gasteiger partial charge in [0.05, 0.1) is 7.11 Å². The highest BCUT2D eigenvalue weighted by molar-refractivity contribution is 5.78. The number of methoxy groups -OCH3 is 1. The van der Waals surface area contributed by atoms with Crippen LogP contribution in [0, 0.1) is 13.8 Å². The lowest BCUT2D eigenvalue weighted by molar-refractivity contribution is -0.124. The van der Waals surface area contributed by atoms with Crippen LogP contribution < -0.4 is 25.6 Å². The Bertz CT molecular complexity index is 792. The second-order valence-electron chi connectivity index (χ2n) is 6.96. The van der Waals surface area contributed by atoms with Crippen molar-refractivity contribution in [3.05, 3.63) is 59.2 Å². The van der Waals surface area contributed by atoms with E-state index in [0.29, 0.717) is 5.75 Å². The van der Waals surface area contributed by atoms with E-state index in [9.17, 15) is 4.79 Å². The van der Waals surface area contributed by atoms with Gasteiger partial charge in [0.15, 0.2) is 6.61 Å². The molecule has 6 nitrogen and oxygen atoms in total. The van der Waals surface area contributed by atoms with Crippen molar-refractivity contribution < 1.29 is 14.3 Å². The Hall–Kier alpha value is -2.57. The molecule has 3 N–H and O–H groups in total. The molecule has 3 unspecified atom stereocenters. The summed E-state index contributed by atoms with van der Waals surface area (Å²) in [5.74, 6) is 1.44. The maximum atomic E-state index is 12.4. The maximum absolute atomic E-state index is 12.4. The van der Waals surface area contributed by atoms with Crippen LogP contribution in [0.15, 0.2) is 42.5 Å². The predicted molar refractivity (Wildman–Crippen MR) is 105 cm³/mol. The minimum Gasteiger partial charge on any atom is -0.497 e. The van der Waals surface area contributed by atoms with Crippen LogP contribution in [0.25, 0.3) is 0 Å². The van der Waals surface area contributed by atoms with Crippen molar-refractivity contribution >= 4 is 5.91 Å². The predicted octanol–water partition coefficient (Wildman–Crippen LogP) is 2.41. The van der Waals surface area contributed by atoms with Crippen LogP contribution >= 0.6 is 0 Å². The summed E-state index contributed by atoms with van der Waals surface area (Å²) < 4.78 is 10.9. The molecule has 0 aliphatic carbocycles. The van der Waals surface area contributed by atoms with Crippen LogP contribution in [-0.4, -0.2) is 31.8 Å². The van der Waals surface area contributed by atoms with Gasteiger partial charge in [-0.1, -0.05) is 18.2 Å². The monoisotopic (exact) mass is 369 g/mol. The van der Waals surface area contributed by atoms with Gasteiger partial charge in [0.1, 0.15) is 17.7 Å². The SMILES string of the molecule is COc1ccc(C2C(C)NNC2NC(=O)COc2ccc(C)c(C)c2)cc1. The molecule has 144 valence electrons. The first-order valence-corrected chi connectivity index (χ1v) is 9.12. The van der Waals surface area contributed by atoms with Crippen molar-refractivity contribution in [1.29, 1.82) is 0 Å². The van der Waals surface area contributed by atoms with Crippen molar-refractivity contribution in [2.24, 2.45) is 0 Å². The van der Waals surface area contributed by atoms with Crippen molar-refractivity contribution in [3.8, 4) is 11.5 Å². The van der Waals surface area contributed by atoms with Crippen molar-refractivity contribution in [1.82, 2.24) is 16.2 Å². The van der Waals surface area contributed by atoms with E-state index < -0.39 is 0 Å². The number of hydrogen-bond acceptors (Lipinski definition) is 5. The van der Waals surface area contributed by atoms with Gasteiger partial charge in [-0.05, 0) is 61.7 Å². The Kier molecular flexibility index (Phi) is 5.98. The molecule has 0 spiro atoms. The molecule has 6 heteroatoms. The fourth-order valence-electron chi connectivity index (χ4n) is 3.29. The van der Waals surface area contributed by atoms with E-state index in [1.165, 1.54) is 5.56 Å². The molecule has 0 saturated carbocycles. The second kappa shape index (κ2) is 8.41. The van der Waals surface area contributed by atoms with E-state index in [1.54, 1.807) is 7.11 Å². The van der Waals surface area contributed by atoms with Gasteiger partial charge in [-0.3, -0.25) is 10.2 Å². The summed E-state index contributed by atoms with van der Waals surface area (Å²) >= 11 is 0. The topological polar surface area (TPSA) is 71.6 Å². The average Bonchev–Trinajstić information content (AvgIpc) is 3.03. The number of amides is 1. The molecular formula is C21H27N3O3. The average molecular weight is 369 g/mol. The molecular weight excluding hydrogens is 342 g/mol. The van der Waals surface area contributed by atoms with Gasteiger partial charge in [0, 0.05) is 12.0 Å². The summed E-state index contributed by atoms with van der Waals surface area (Å²) in [6.45, 7) is 6.13. The molecule has 2 aromatic rings. The Balaban J connectivity index is 1.60. The lowest BCUT2D eigenvalue weighted by Crippen LogP contribution is -2.47. The summed E-state index contributed by atoms with van der Waals surface area (Å²) in [7, 11) is 1.65. The van der Waals surface area contributed by atoms with Crippen LogP contribution in [0.5, 0.6) is 11.5 Å². The molecule has 1 saturated heterocycles. The summed E-state index contributed by atoms with van der Waals surface area (Å²) in [6, 6.07) is 13.9. The first kappa shape index (κ1) is 19.2. The van der Waals surface area contributed by atoms with Crippen LogP contribution in [0.3, 0.4) is 0 Å². The Morgan fingerprint density at radius 3 is 2.41 bits per heavy atom. The molecule has 3 atom stereocenters. The van der Waals surface area contributed by atoms with Crippen LogP contribution in [-0.2, 0) is 4.79 Å². The number of carbonyl (C=O) groups is 1. The molecule has 1 fully saturated rings. The third-order valence-corrected chi connectivity index (χ3v) is 5.03. The van der Waals surface area contributed by atoms with E-state index in [-0.39, 0.29) is 30.6 Å². The van der Waals surface area contributed by atoms with Gasteiger partial charge < -0.3 is 14.8 Å². The molecule has 1 heterocycles. The van der Waals surface area contributed by atoms with E-state index >= 15 is 0 Å². The Labute approximate surface area is 160 Å². The van der Waals surface area contributed by atoms with E-state index in [1.807, 2.05) is 56.3 Å². The number of carbonyl (C=O) groups excluding carboxylic acids is 1. The number of ether oxygens (including phenoxy) is 2. The van der Waals surface area contributed by atoms with Gasteiger partial charge in [-0.15, -0.1) is 0 Å². The van der Waals surface area contributed by atoms with E-state index in [0.717, 1.165) is 16.9 Å². The number of aryl methyl sites for hydroxylation is 2. The summed E-state index contributed by atoms with van der Waals surface area (Å²) in [5.41, 5.74) is 9.83. The molecule has 0 radical (unpaired) electrons. The molecule has 3 rings (SSSR count). The highest BCUT2D eigenvalue weighted by Gasteiger charge is 2.35. The third kappa shape index (κ3) is 4.59. The van der Waals surface area contributed by atoms with Crippen LogP contribution in [0.4, 0.5) is 0 Å². The molecule has 1 amide bonds. The first-order chi connectivity index (χ1) is 13.0. The normalized spacial score (nSPS) is 21.7. The van der Waals surface area contributed by atoms with Gasteiger partial charge >= 0.3 is 0 Å². The number of rotatable bonds is 6. The Morgan fingerprint density at radius 1 is 1.04 bits per heavy atom. The zero-order valence-corrected chi connectivity index (χ0v) is 16.2. The van der Waals surface area contributed by atoms with Gasteiger partial charge in [0.2, 0.25) is 0 Å². The number of hydrazine groups is 1. The van der Waals surface area contributed by atoms with Crippen molar-refractivity contribution in [2.75, 3.05) is 13.7 Å². The van der Waals surface area contributed by atoms with E-state index in [4.69, 9.17) is 9.47 Å². The third-order valence-electron chi connectivity index (χ3n) is 5.03. The highest BCUT2D eigenvalue weighted by Crippen LogP contribution is 2.27. The minimum atomic E-state index is -0.218. The lowest BCUT2D eigenvalue weighted by Gasteiger charge is -2.22. The first-order valence-electron chi connectivity index (χ1n) is 9.12. The van der Waals surface area contributed by atoms with Crippen LogP contribution in [0.2, 0.25) is 0 Å². The Morgan fingerprint density at radius 2 is 1.74 bits per heavy atom. The molecule has 1 aliphatic heterocycles. The zero-order chi connectivity index (χ0) is 19.4. The van der Waals surface area contributed by atoms with E-state index in [2.05, 4.69) is 23.1 Å². The van der Waals surface area contributed by atoms with Crippen molar-refractivity contribution in [3.63, 3.8) is 0 Å². The number of nitrogens with one attached hydrogen (secondary N) is 3. The summed E-state index contributed by atoms with van der Waals surface area (Å²) in [4.78, 5) is 12.4. The molecule has 0 aromatic heterocycles. The second-order valence-corrected chi connectivity index (χ2v) is 6.96. The lowest BCUT2D eigenvalue weighted by atomic mass is 9.91. The molecule has 0 bridgehead atoms. The van der Waals surface area contributed by atoms with Crippen LogP contribution in [0.1, 0.15) is 29.5 Å². The van der Waals surface area contributed by atoms with Gasteiger partial charge in [-0.25, -0.2) is 5.43 Å². The fraction of sp³-hybridized carbons (Fsp3) is 0.381. The number of benzene rings is 2. The minimum absolute atomic E-state index is 0.0234. The molecule has 27 heavy (non-hydrogen) atoms. The smallest absolute Gasteiger partial charge is 0.259 e. The molecule has 1 aliphatic rings. The molecule has 2 aromatic carbocycles. The standard InChI is InChI=1S/C21H27N3O3/c1-13-5-8-18(11-14(13)2)27-12-19(25)22-21-20(15(3)23-24-21)16-6-9-17(26-4)10-7-16/h5-11,15,20-21,23-24H,12H2,1-4H3,(H,22,25). The van der Waals surface area contributed by atoms with Gasteiger partial charge in [-0.2, -0.15) is 0 Å². The fourth-order valence-corrected chi connectivity index (χ4v) is 3.29.